The summed E-state index contributed by atoms with van der Waals surface area (Å²) in [7, 11) is -2.16. The molecule has 1 N–H and O–H groups in total. The molecule has 0 saturated heterocycles. The van der Waals surface area contributed by atoms with Crippen molar-refractivity contribution in [3.05, 3.63) is 42.6 Å². The Morgan fingerprint density at radius 1 is 1.08 bits per heavy atom. The lowest BCUT2D eigenvalue weighted by Crippen LogP contribution is -2.14. The molecule has 0 radical (unpaired) electrons. The zero-order valence-corrected chi connectivity index (χ0v) is 14.3. The number of nitrogens with one attached hydrogen (secondary N) is 1. The fourth-order valence-electron chi connectivity index (χ4n) is 2.67. The van der Waals surface area contributed by atoms with Gasteiger partial charge in [-0.25, -0.2) is 13.4 Å². The number of nitrogens with zero attached hydrogens (tertiary/aromatic N) is 1. The van der Waals surface area contributed by atoms with Crippen LogP contribution in [0.5, 0.6) is 11.6 Å². The van der Waals surface area contributed by atoms with Gasteiger partial charge in [0.25, 0.3) is 10.0 Å². The first-order valence-electron chi connectivity index (χ1n) is 7.86. The number of aromatic nitrogens is 1. The first-order valence-corrected chi connectivity index (χ1v) is 9.35. The molecule has 24 heavy (non-hydrogen) atoms. The summed E-state index contributed by atoms with van der Waals surface area (Å²) >= 11 is 0. The van der Waals surface area contributed by atoms with Gasteiger partial charge in [0.2, 0.25) is 5.88 Å². The summed E-state index contributed by atoms with van der Waals surface area (Å²) < 4.78 is 38.1. The quantitative estimate of drug-likeness (QED) is 0.867. The van der Waals surface area contributed by atoms with Crippen molar-refractivity contribution in [2.45, 2.75) is 36.7 Å². The molecule has 0 bridgehead atoms. The highest BCUT2D eigenvalue weighted by atomic mass is 32.2. The number of rotatable bonds is 6. The van der Waals surface area contributed by atoms with E-state index < -0.39 is 10.0 Å². The predicted octanol–water partition coefficient (Wildman–Crippen LogP) is 3.21. The highest BCUT2D eigenvalue weighted by Crippen LogP contribution is 2.25. The largest absolute Gasteiger partial charge is 0.490 e. The number of ether oxygens (including phenoxy) is 2. The molecule has 1 aliphatic carbocycles. The van der Waals surface area contributed by atoms with Crippen LogP contribution < -0.4 is 14.2 Å². The van der Waals surface area contributed by atoms with E-state index in [4.69, 9.17) is 9.47 Å². The lowest BCUT2D eigenvalue weighted by atomic mass is 10.3. The van der Waals surface area contributed by atoms with Gasteiger partial charge in [0.15, 0.2) is 0 Å². The first-order chi connectivity index (χ1) is 11.6. The van der Waals surface area contributed by atoms with Crippen LogP contribution in [0.3, 0.4) is 0 Å². The molecule has 1 aromatic heterocycles. The highest BCUT2D eigenvalue weighted by Gasteiger charge is 2.18. The van der Waals surface area contributed by atoms with Crippen LogP contribution in [0.25, 0.3) is 0 Å². The van der Waals surface area contributed by atoms with Crippen LogP contribution in [0.15, 0.2) is 47.5 Å². The average Bonchev–Trinajstić information content (AvgIpc) is 3.09. The normalized spacial score (nSPS) is 15.2. The minimum atomic E-state index is -3.66. The fourth-order valence-corrected chi connectivity index (χ4v) is 3.71. The Morgan fingerprint density at radius 3 is 2.38 bits per heavy atom. The van der Waals surface area contributed by atoms with E-state index >= 15 is 0 Å². The van der Waals surface area contributed by atoms with E-state index in [0.717, 1.165) is 12.8 Å². The lowest BCUT2D eigenvalue weighted by Gasteiger charge is -2.13. The van der Waals surface area contributed by atoms with Gasteiger partial charge in [-0.1, -0.05) is 0 Å². The smallest absolute Gasteiger partial charge is 0.261 e. The summed E-state index contributed by atoms with van der Waals surface area (Å²) in [6.45, 7) is 0. The van der Waals surface area contributed by atoms with Crippen LogP contribution >= 0.6 is 0 Å². The van der Waals surface area contributed by atoms with Gasteiger partial charge in [-0.05, 0) is 56.0 Å². The topological polar surface area (TPSA) is 77.5 Å². The number of benzene rings is 1. The molecular formula is C17H20N2O4S. The summed E-state index contributed by atoms with van der Waals surface area (Å²) in [6, 6.07) is 9.67. The Kier molecular flexibility index (Phi) is 4.89. The van der Waals surface area contributed by atoms with Crippen molar-refractivity contribution in [2.75, 3.05) is 11.8 Å². The van der Waals surface area contributed by atoms with Gasteiger partial charge in [-0.15, -0.1) is 0 Å². The molecule has 0 spiro atoms. The highest BCUT2D eigenvalue weighted by molar-refractivity contribution is 7.92. The van der Waals surface area contributed by atoms with Crippen molar-refractivity contribution in [3.63, 3.8) is 0 Å². The Bertz CT molecular complexity index is 767. The molecule has 1 heterocycles. The van der Waals surface area contributed by atoms with E-state index in [1.807, 2.05) is 0 Å². The minimum absolute atomic E-state index is 0.178. The summed E-state index contributed by atoms with van der Waals surface area (Å²) in [4.78, 5) is 4.16. The van der Waals surface area contributed by atoms with E-state index in [9.17, 15) is 8.42 Å². The van der Waals surface area contributed by atoms with Crippen molar-refractivity contribution in [3.8, 4) is 11.6 Å². The first kappa shape index (κ1) is 16.6. The Morgan fingerprint density at radius 2 is 1.79 bits per heavy atom. The standard InChI is InChI=1S/C17H20N2O4S/c1-22-17-11-6-13(12-18-17)19-24(20,21)16-9-7-15(8-10-16)23-14-4-2-3-5-14/h6-12,14,19H,2-5H2,1H3. The second kappa shape index (κ2) is 7.09. The second-order valence-electron chi connectivity index (χ2n) is 5.69. The van der Waals surface area contributed by atoms with Gasteiger partial charge in [-0.3, -0.25) is 4.72 Å². The molecular weight excluding hydrogens is 328 g/mol. The van der Waals surface area contributed by atoms with Crippen LogP contribution in [-0.2, 0) is 10.0 Å². The second-order valence-corrected chi connectivity index (χ2v) is 7.37. The maximum atomic E-state index is 12.4. The summed E-state index contributed by atoms with van der Waals surface area (Å²) in [5.74, 6) is 1.12. The van der Waals surface area contributed by atoms with Gasteiger partial charge in [0, 0.05) is 6.07 Å². The number of anilines is 1. The van der Waals surface area contributed by atoms with Crippen LogP contribution in [0.1, 0.15) is 25.7 Å². The van der Waals surface area contributed by atoms with Crippen molar-refractivity contribution in [2.24, 2.45) is 0 Å². The molecule has 1 aliphatic rings. The lowest BCUT2D eigenvalue weighted by molar-refractivity contribution is 0.210. The maximum absolute atomic E-state index is 12.4. The molecule has 0 aliphatic heterocycles. The molecule has 3 rings (SSSR count). The molecule has 2 aromatic rings. The molecule has 1 saturated carbocycles. The van der Waals surface area contributed by atoms with E-state index in [0.29, 0.717) is 17.3 Å². The Labute approximate surface area is 141 Å². The molecule has 0 amide bonds. The number of hydrogen-bond acceptors (Lipinski definition) is 5. The summed E-state index contributed by atoms with van der Waals surface area (Å²) in [5, 5.41) is 0. The van der Waals surface area contributed by atoms with Crippen molar-refractivity contribution in [1.29, 1.82) is 0 Å². The zero-order valence-electron chi connectivity index (χ0n) is 13.4. The molecule has 1 fully saturated rings. The van der Waals surface area contributed by atoms with Gasteiger partial charge in [0.05, 0.1) is 30.0 Å². The number of hydrogen-bond donors (Lipinski definition) is 1. The SMILES string of the molecule is COc1ccc(NS(=O)(=O)c2ccc(OC3CCCC3)cc2)cn1. The van der Waals surface area contributed by atoms with Crippen LogP contribution in [-0.4, -0.2) is 26.6 Å². The number of pyridine rings is 1. The number of sulfonamides is 1. The van der Waals surface area contributed by atoms with Crippen molar-refractivity contribution in [1.82, 2.24) is 4.98 Å². The summed E-state index contributed by atoms with van der Waals surface area (Å²) in [6.07, 6.45) is 6.16. The summed E-state index contributed by atoms with van der Waals surface area (Å²) in [5.41, 5.74) is 0.377. The minimum Gasteiger partial charge on any atom is -0.490 e. The van der Waals surface area contributed by atoms with Crippen molar-refractivity contribution < 1.29 is 17.9 Å². The Balaban J connectivity index is 1.69. The third kappa shape index (κ3) is 3.97. The van der Waals surface area contributed by atoms with Gasteiger partial charge < -0.3 is 9.47 Å². The zero-order chi connectivity index (χ0) is 17.0. The monoisotopic (exact) mass is 348 g/mol. The van der Waals surface area contributed by atoms with E-state index in [1.54, 1.807) is 36.4 Å². The van der Waals surface area contributed by atoms with Gasteiger partial charge in [0.1, 0.15) is 5.75 Å². The molecule has 7 heteroatoms. The van der Waals surface area contributed by atoms with E-state index in [2.05, 4.69) is 9.71 Å². The molecule has 0 atom stereocenters. The molecule has 1 aromatic carbocycles. The molecule has 0 unspecified atom stereocenters. The van der Waals surface area contributed by atoms with Crippen LogP contribution in [0, 0.1) is 0 Å². The van der Waals surface area contributed by atoms with Crippen LogP contribution in [0.2, 0.25) is 0 Å². The fraction of sp³-hybridized carbons (Fsp3) is 0.353. The van der Waals surface area contributed by atoms with Gasteiger partial charge >= 0.3 is 0 Å². The van der Waals surface area contributed by atoms with E-state index in [-0.39, 0.29) is 11.0 Å². The van der Waals surface area contributed by atoms with Gasteiger partial charge in [-0.2, -0.15) is 0 Å². The van der Waals surface area contributed by atoms with Crippen LogP contribution in [0.4, 0.5) is 5.69 Å². The number of methoxy groups -OCH3 is 1. The molecule has 128 valence electrons. The molecule has 6 nitrogen and oxygen atoms in total. The van der Waals surface area contributed by atoms with E-state index in [1.165, 1.54) is 26.1 Å². The third-order valence-electron chi connectivity index (χ3n) is 3.94. The third-order valence-corrected chi connectivity index (χ3v) is 5.33. The Hall–Kier alpha value is -2.28. The van der Waals surface area contributed by atoms with Crippen molar-refractivity contribution >= 4 is 15.7 Å². The maximum Gasteiger partial charge on any atom is 0.261 e. The average molecular weight is 348 g/mol. The predicted molar refractivity (Wildman–Crippen MR) is 90.9 cm³/mol.